The van der Waals surface area contributed by atoms with Gasteiger partial charge in [0.25, 0.3) is 0 Å². The number of halogens is 1. The quantitative estimate of drug-likeness (QED) is 0.518. The molecule has 2 heterocycles. The number of hydrogen-bond donors (Lipinski definition) is 3. The second-order valence-electron chi connectivity index (χ2n) is 8.54. The summed E-state index contributed by atoms with van der Waals surface area (Å²) in [4.78, 5) is 16.7. The number of benzene rings is 1. The van der Waals surface area contributed by atoms with Crippen LogP contribution < -0.4 is 25.6 Å². The monoisotopic (exact) mass is 459 g/mol. The molecule has 1 aliphatic carbocycles. The Morgan fingerprint density at radius 1 is 0.969 bits per heavy atom. The average Bonchev–Trinajstić information content (AvgIpc) is 3.09. The zero-order valence-corrected chi connectivity index (χ0v) is 19.8. The van der Waals surface area contributed by atoms with E-state index in [0.29, 0.717) is 34.8 Å². The Morgan fingerprint density at radius 3 is 2.31 bits per heavy atom. The highest BCUT2D eigenvalue weighted by Gasteiger charge is 2.31. The number of nitrogens with zero attached hydrogens (tertiary/aromatic N) is 4. The van der Waals surface area contributed by atoms with E-state index in [1.807, 2.05) is 25.2 Å². The summed E-state index contributed by atoms with van der Waals surface area (Å²) in [5.41, 5.74) is 0.804. The molecule has 1 aromatic carbocycles. The van der Waals surface area contributed by atoms with Gasteiger partial charge in [0.1, 0.15) is 5.75 Å². The molecule has 174 valence electrons. The molecule has 0 spiro atoms. The van der Waals surface area contributed by atoms with Crippen LogP contribution in [0.2, 0.25) is 5.02 Å². The molecule has 0 unspecified atom stereocenters. The minimum atomic E-state index is 0.440. The van der Waals surface area contributed by atoms with E-state index in [1.54, 1.807) is 7.11 Å². The lowest BCUT2D eigenvalue weighted by atomic mass is 9.99. The lowest BCUT2D eigenvalue weighted by molar-refractivity contribution is 0.378. The van der Waals surface area contributed by atoms with E-state index in [-0.39, 0.29) is 0 Å². The summed E-state index contributed by atoms with van der Waals surface area (Å²) in [5, 5.41) is 10.4. The molecule has 1 aromatic heterocycles. The fourth-order valence-electron chi connectivity index (χ4n) is 4.77. The van der Waals surface area contributed by atoms with Gasteiger partial charge in [-0.1, -0.05) is 37.3 Å². The zero-order valence-electron chi connectivity index (χ0n) is 19.0. The molecule has 32 heavy (non-hydrogen) atoms. The number of piperidine rings is 1. The molecule has 2 aliphatic rings. The molecule has 0 bridgehead atoms. The molecular formula is C23H34ClN7O. The maximum Gasteiger partial charge on any atom is 0.233 e. The second kappa shape index (κ2) is 11.0. The number of nitrogens with one attached hydrogen (secondary N) is 3. The molecule has 2 fully saturated rings. The van der Waals surface area contributed by atoms with Crippen molar-refractivity contribution < 1.29 is 4.74 Å². The smallest absolute Gasteiger partial charge is 0.233 e. The van der Waals surface area contributed by atoms with Gasteiger partial charge < -0.3 is 25.6 Å². The Bertz CT molecular complexity index is 883. The van der Waals surface area contributed by atoms with E-state index >= 15 is 0 Å². The van der Waals surface area contributed by atoms with Gasteiger partial charge in [-0.05, 0) is 57.0 Å². The van der Waals surface area contributed by atoms with Crippen LogP contribution in [0, 0.1) is 0 Å². The third-order valence-corrected chi connectivity index (χ3v) is 6.70. The fourth-order valence-corrected chi connectivity index (χ4v) is 5.02. The summed E-state index contributed by atoms with van der Waals surface area (Å²) in [7, 11) is 3.45. The summed E-state index contributed by atoms with van der Waals surface area (Å²) in [6, 6.07) is 6.46. The summed E-state index contributed by atoms with van der Waals surface area (Å²) in [5.74, 6) is 2.46. The number of ether oxygens (including phenoxy) is 1. The number of hydrogen-bond acceptors (Lipinski definition) is 8. The summed E-state index contributed by atoms with van der Waals surface area (Å²) in [6.45, 7) is 2.07. The maximum absolute atomic E-state index is 6.31. The predicted molar refractivity (Wildman–Crippen MR) is 131 cm³/mol. The lowest BCUT2D eigenvalue weighted by Crippen LogP contribution is -2.49. The first-order chi connectivity index (χ1) is 15.7. The van der Waals surface area contributed by atoms with Crippen molar-refractivity contribution >= 4 is 35.1 Å². The molecule has 4 rings (SSSR count). The molecule has 0 amide bonds. The van der Waals surface area contributed by atoms with E-state index in [0.717, 1.165) is 37.6 Å². The van der Waals surface area contributed by atoms with E-state index in [9.17, 15) is 0 Å². The molecule has 2 aromatic rings. The number of methoxy groups -OCH3 is 1. The molecule has 8 nitrogen and oxygen atoms in total. The largest absolute Gasteiger partial charge is 0.495 e. The zero-order chi connectivity index (χ0) is 22.3. The number of rotatable bonds is 7. The summed E-state index contributed by atoms with van der Waals surface area (Å²) >= 11 is 6.31. The molecular weight excluding hydrogens is 426 g/mol. The topological polar surface area (TPSA) is 87.2 Å². The van der Waals surface area contributed by atoms with Crippen molar-refractivity contribution in [2.24, 2.45) is 0 Å². The standard InChI is InChI=1S/C23H34ClN7O/c1-25-21-28-22(27-16-9-10-20(32-2)19(24)15-16)30-23(29-21)31(18-11-13-26-14-12-18)17-7-5-3-4-6-8-17/h9-10,15,17-18,26H,3-8,11-14H2,1-2H3,(H2,25,27,28,29,30). The van der Waals surface area contributed by atoms with E-state index < -0.39 is 0 Å². The first-order valence-electron chi connectivity index (χ1n) is 11.7. The lowest BCUT2D eigenvalue weighted by Gasteiger charge is -2.40. The van der Waals surface area contributed by atoms with Crippen LogP contribution in [0.4, 0.5) is 23.5 Å². The molecule has 0 radical (unpaired) electrons. The van der Waals surface area contributed by atoms with Crippen molar-refractivity contribution in [1.29, 1.82) is 0 Å². The molecule has 0 atom stereocenters. The predicted octanol–water partition coefficient (Wildman–Crippen LogP) is 4.60. The van der Waals surface area contributed by atoms with Gasteiger partial charge in [-0.15, -0.1) is 0 Å². The average molecular weight is 460 g/mol. The minimum absolute atomic E-state index is 0.440. The normalized spacial score (nSPS) is 18.1. The highest BCUT2D eigenvalue weighted by molar-refractivity contribution is 6.32. The number of anilines is 4. The summed E-state index contributed by atoms with van der Waals surface area (Å²) < 4.78 is 5.26. The van der Waals surface area contributed by atoms with E-state index in [1.165, 1.54) is 38.5 Å². The van der Waals surface area contributed by atoms with Gasteiger partial charge in [0, 0.05) is 24.8 Å². The van der Waals surface area contributed by atoms with Crippen LogP contribution in [-0.4, -0.2) is 54.3 Å². The van der Waals surface area contributed by atoms with Crippen LogP contribution in [0.1, 0.15) is 51.4 Å². The van der Waals surface area contributed by atoms with Crippen molar-refractivity contribution in [2.45, 2.75) is 63.5 Å². The van der Waals surface area contributed by atoms with Crippen LogP contribution in [0.25, 0.3) is 0 Å². The summed E-state index contributed by atoms with van der Waals surface area (Å²) in [6.07, 6.45) is 9.78. The number of aromatic nitrogens is 3. The van der Waals surface area contributed by atoms with Gasteiger partial charge in [0.05, 0.1) is 12.1 Å². The minimum Gasteiger partial charge on any atom is -0.495 e. The van der Waals surface area contributed by atoms with Crippen molar-refractivity contribution in [3.8, 4) is 5.75 Å². The van der Waals surface area contributed by atoms with Gasteiger partial charge in [0.15, 0.2) is 0 Å². The molecule has 9 heteroatoms. The third kappa shape index (κ3) is 5.53. The Morgan fingerprint density at radius 2 is 1.66 bits per heavy atom. The van der Waals surface area contributed by atoms with Gasteiger partial charge >= 0.3 is 0 Å². The van der Waals surface area contributed by atoms with Crippen LogP contribution >= 0.6 is 11.6 Å². The maximum atomic E-state index is 6.31. The van der Waals surface area contributed by atoms with E-state index in [2.05, 4.69) is 25.8 Å². The van der Waals surface area contributed by atoms with E-state index in [4.69, 9.17) is 26.3 Å². The Hall–Kier alpha value is -2.32. The SMILES string of the molecule is CNc1nc(Nc2ccc(OC)c(Cl)c2)nc(N(C2CCCCCC2)C2CCNCC2)n1. The highest BCUT2D eigenvalue weighted by atomic mass is 35.5. The second-order valence-corrected chi connectivity index (χ2v) is 8.95. The van der Waals surface area contributed by atoms with Crippen molar-refractivity contribution in [1.82, 2.24) is 20.3 Å². The van der Waals surface area contributed by atoms with Gasteiger partial charge in [0.2, 0.25) is 17.8 Å². The first-order valence-corrected chi connectivity index (χ1v) is 12.1. The Labute approximate surface area is 195 Å². The molecule has 3 N–H and O–H groups in total. The highest BCUT2D eigenvalue weighted by Crippen LogP contribution is 2.32. The van der Waals surface area contributed by atoms with Crippen LogP contribution in [0.5, 0.6) is 5.75 Å². The van der Waals surface area contributed by atoms with Crippen LogP contribution in [0.3, 0.4) is 0 Å². The van der Waals surface area contributed by atoms with Crippen molar-refractivity contribution in [3.05, 3.63) is 23.2 Å². The van der Waals surface area contributed by atoms with Gasteiger partial charge in [-0.3, -0.25) is 0 Å². The first kappa shape index (κ1) is 22.9. The molecule has 1 saturated heterocycles. The third-order valence-electron chi connectivity index (χ3n) is 6.41. The van der Waals surface area contributed by atoms with Gasteiger partial charge in [-0.2, -0.15) is 15.0 Å². The van der Waals surface area contributed by atoms with Crippen LogP contribution in [0.15, 0.2) is 18.2 Å². The van der Waals surface area contributed by atoms with Crippen molar-refractivity contribution in [2.75, 3.05) is 42.8 Å². The fraction of sp³-hybridized carbons (Fsp3) is 0.609. The Kier molecular flexibility index (Phi) is 7.86. The van der Waals surface area contributed by atoms with Gasteiger partial charge in [-0.25, -0.2) is 0 Å². The molecule has 1 aliphatic heterocycles. The van der Waals surface area contributed by atoms with Crippen LogP contribution in [-0.2, 0) is 0 Å². The Balaban J connectivity index is 1.66. The van der Waals surface area contributed by atoms with Crippen molar-refractivity contribution in [3.63, 3.8) is 0 Å². The molecule has 1 saturated carbocycles.